The van der Waals surface area contributed by atoms with Crippen molar-refractivity contribution in [2.75, 3.05) is 14.2 Å². The van der Waals surface area contributed by atoms with Crippen molar-refractivity contribution in [1.82, 2.24) is 5.32 Å². The highest BCUT2D eigenvalue weighted by molar-refractivity contribution is 6.30. The van der Waals surface area contributed by atoms with Crippen molar-refractivity contribution in [3.63, 3.8) is 0 Å². The maximum absolute atomic E-state index is 11.4. The summed E-state index contributed by atoms with van der Waals surface area (Å²) in [6.07, 6.45) is -0.643. The van der Waals surface area contributed by atoms with E-state index in [4.69, 9.17) is 26.8 Å². The fourth-order valence-electron chi connectivity index (χ4n) is 1.49. The molecule has 0 aliphatic rings. The van der Waals surface area contributed by atoms with Crippen LogP contribution in [0.25, 0.3) is 0 Å². The smallest absolute Gasteiger partial charge is 0.260 e. The SMILES string of the molecule is CNC(=O)C(C)Oc1c(CN)cc(Cl)cc1OC. The Kier molecular flexibility index (Phi) is 5.25. The predicted octanol–water partition coefficient (Wildman–Crippen LogP) is 1.32. The second-order valence-electron chi connectivity index (χ2n) is 3.67. The van der Waals surface area contributed by atoms with Gasteiger partial charge in [-0.3, -0.25) is 4.79 Å². The lowest BCUT2D eigenvalue weighted by Crippen LogP contribution is -2.34. The number of halogens is 1. The molecule has 0 bridgehead atoms. The summed E-state index contributed by atoms with van der Waals surface area (Å²) in [6.45, 7) is 1.89. The van der Waals surface area contributed by atoms with Crippen LogP contribution in [0.1, 0.15) is 12.5 Å². The van der Waals surface area contributed by atoms with Gasteiger partial charge in [-0.1, -0.05) is 11.6 Å². The maximum Gasteiger partial charge on any atom is 0.260 e. The molecule has 0 radical (unpaired) electrons. The molecule has 0 fully saturated rings. The highest BCUT2D eigenvalue weighted by Crippen LogP contribution is 2.35. The van der Waals surface area contributed by atoms with Crippen molar-refractivity contribution in [2.45, 2.75) is 19.6 Å². The molecule has 0 heterocycles. The average molecular weight is 273 g/mol. The molecule has 3 N–H and O–H groups in total. The number of rotatable bonds is 5. The number of amides is 1. The molecule has 0 saturated heterocycles. The summed E-state index contributed by atoms with van der Waals surface area (Å²) < 4.78 is 10.8. The Balaban J connectivity index is 3.09. The van der Waals surface area contributed by atoms with E-state index in [1.807, 2.05) is 0 Å². The molecular weight excluding hydrogens is 256 g/mol. The van der Waals surface area contributed by atoms with Gasteiger partial charge in [-0.15, -0.1) is 0 Å². The minimum atomic E-state index is -0.643. The van der Waals surface area contributed by atoms with Gasteiger partial charge in [-0.2, -0.15) is 0 Å². The largest absolute Gasteiger partial charge is 0.493 e. The Morgan fingerprint density at radius 3 is 2.72 bits per heavy atom. The molecule has 0 aliphatic heterocycles. The summed E-state index contributed by atoms with van der Waals surface area (Å²) >= 11 is 5.94. The number of benzene rings is 1. The molecule has 0 aromatic heterocycles. The number of carbonyl (C=O) groups excluding carboxylic acids is 1. The van der Waals surface area contributed by atoms with Crippen LogP contribution in [-0.4, -0.2) is 26.2 Å². The van der Waals surface area contributed by atoms with E-state index in [0.717, 1.165) is 0 Å². The lowest BCUT2D eigenvalue weighted by Gasteiger charge is -2.18. The minimum Gasteiger partial charge on any atom is -0.493 e. The Morgan fingerprint density at radius 2 is 2.22 bits per heavy atom. The number of methoxy groups -OCH3 is 1. The van der Waals surface area contributed by atoms with Crippen LogP contribution in [-0.2, 0) is 11.3 Å². The molecule has 1 aromatic rings. The van der Waals surface area contributed by atoms with Gasteiger partial charge in [0.15, 0.2) is 17.6 Å². The Labute approximate surface area is 111 Å². The summed E-state index contributed by atoms with van der Waals surface area (Å²) in [7, 11) is 3.05. The first-order valence-corrected chi connectivity index (χ1v) is 5.86. The first-order valence-electron chi connectivity index (χ1n) is 5.48. The zero-order valence-corrected chi connectivity index (χ0v) is 11.4. The van der Waals surface area contributed by atoms with Crippen LogP contribution < -0.4 is 20.5 Å². The molecule has 1 atom stereocenters. The van der Waals surface area contributed by atoms with Gasteiger partial charge in [0, 0.05) is 30.2 Å². The maximum atomic E-state index is 11.4. The molecule has 100 valence electrons. The van der Waals surface area contributed by atoms with E-state index in [1.54, 1.807) is 26.1 Å². The number of nitrogens with two attached hydrogens (primary N) is 1. The molecule has 0 aliphatic carbocycles. The van der Waals surface area contributed by atoms with Crippen LogP contribution in [0, 0.1) is 0 Å². The lowest BCUT2D eigenvalue weighted by molar-refractivity contribution is -0.126. The van der Waals surface area contributed by atoms with Crippen molar-refractivity contribution in [3.8, 4) is 11.5 Å². The standard InChI is InChI=1S/C12H17ClN2O3/c1-7(12(16)15-2)18-11-8(6-14)4-9(13)5-10(11)17-3/h4-5,7H,6,14H2,1-3H3,(H,15,16). The Morgan fingerprint density at radius 1 is 1.56 bits per heavy atom. The highest BCUT2D eigenvalue weighted by atomic mass is 35.5. The topological polar surface area (TPSA) is 73.6 Å². The van der Waals surface area contributed by atoms with Crippen molar-refractivity contribution < 1.29 is 14.3 Å². The molecule has 18 heavy (non-hydrogen) atoms. The molecular formula is C12H17ClN2O3. The minimum absolute atomic E-state index is 0.227. The summed E-state index contributed by atoms with van der Waals surface area (Å²) in [5.74, 6) is 0.675. The fourth-order valence-corrected chi connectivity index (χ4v) is 1.72. The van der Waals surface area contributed by atoms with Crippen LogP contribution in [0.3, 0.4) is 0 Å². The normalized spacial score (nSPS) is 11.8. The summed E-state index contributed by atoms with van der Waals surface area (Å²) in [5.41, 5.74) is 6.32. The van der Waals surface area contributed by atoms with E-state index in [-0.39, 0.29) is 12.5 Å². The molecule has 1 rings (SSSR count). The van der Waals surface area contributed by atoms with Gasteiger partial charge in [-0.05, 0) is 13.0 Å². The summed E-state index contributed by atoms with van der Waals surface area (Å²) in [5, 5.41) is 3.02. The lowest BCUT2D eigenvalue weighted by atomic mass is 10.2. The summed E-state index contributed by atoms with van der Waals surface area (Å²) in [6, 6.07) is 3.31. The number of nitrogens with one attached hydrogen (secondary N) is 1. The molecule has 0 spiro atoms. The molecule has 1 aromatic carbocycles. The number of hydrogen-bond acceptors (Lipinski definition) is 4. The zero-order chi connectivity index (χ0) is 13.7. The van der Waals surface area contributed by atoms with Gasteiger partial charge in [0.2, 0.25) is 0 Å². The van der Waals surface area contributed by atoms with Crippen LogP contribution in [0.15, 0.2) is 12.1 Å². The number of hydrogen-bond donors (Lipinski definition) is 2. The first kappa shape index (κ1) is 14.6. The predicted molar refractivity (Wildman–Crippen MR) is 70.1 cm³/mol. The van der Waals surface area contributed by atoms with Crippen LogP contribution in [0.2, 0.25) is 5.02 Å². The number of carbonyl (C=O) groups is 1. The van der Waals surface area contributed by atoms with E-state index >= 15 is 0 Å². The van der Waals surface area contributed by atoms with Crippen molar-refractivity contribution >= 4 is 17.5 Å². The van der Waals surface area contributed by atoms with E-state index in [9.17, 15) is 4.79 Å². The molecule has 6 heteroatoms. The van der Waals surface area contributed by atoms with E-state index < -0.39 is 6.10 Å². The third-order valence-electron chi connectivity index (χ3n) is 2.45. The van der Waals surface area contributed by atoms with E-state index in [0.29, 0.717) is 22.1 Å². The van der Waals surface area contributed by atoms with Crippen LogP contribution in [0.5, 0.6) is 11.5 Å². The number of likely N-dealkylation sites (N-methyl/N-ethyl adjacent to an activating group) is 1. The van der Waals surface area contributed by atoms with Gasteiger partial charge in [0.1, 0.15) is 0 Å². The van der Waals surface area contributed by atoms with Gasteiger partial charge in [0.25, 0.3) is 5.91 Å². The molecule has 1 unspecified atom stereocenters. The van der Waals surface area contributed by atoms with Gasteiger partial charge < -0.3 is 20.5 Å². The third kappa shape index (κ3) is 3.27. The first-order chi connectivity index (χ1) is 8.53. The van der Waals surface area contributed by atoms with E-state index in [2.05, 4.69) is 5.32 Å². The molecule has 0 saturated carbocycles. The van der Waals surface area contributed by atoms with Crippen LogP contribution >= 0.6 is 11.6 Å². The van der Waals surface area contributed by atoms with E-state index in [1.165, 1.54) is 7.11 Å². The summed E-state index contributed by atoms with van der Waals surface area (Å²) in [4.78, 5) is 11.4. The second-order valence-corrected chi connectivity index (χ2v) is 4.11. The number of ether oxygens (including phenoxy) is 2. The Hall–Kier alpha value is -1.46. The monoisotopic (exact) mass is 272 g/mol. The van der Waals surface area contributed by atoms with Gasteiger partial charge in [0.05, 0.1) is 7.11 Å². The highest BCUT2D eigenvalue weighted by Gasteiger charge is 2.18. The zero-order valence-electron chi connectivity index (χ0n) is 10.6. The van der Waals surface area contributed by atoms with Crippen molar-refractivity contribution in [2.24, 2.45) is 5.73 Å². The van der Waals surface area contributed by atoms with Gasteiger partial charge >= 0.3 is 0 Å². The fraction of sp³-hybridized carbons (Fsp3) is 0.417. The van der Waals surface area contributed by atoms with Crippen molar-refractivity contribution in [1.29, 1.82) is 0 Å². The van der Waals surface area contributed by atoms with Gasteiger partial charge in [-0.25, -0.2) is 0 Å². The molecule has 5 nitrogen and oxygen atoms in total. The quantitative estimate of drug-likeness (QED) is 0.848. The van der Waals surface area contributed by atoms with Crippen molar-refractivity contribution in [3.05, 3.63) is 22.7 Å². The second kappa shape index (κ2) is 6.47. The Bertz CT molecular complexity index is 412. The van der Waals surface area contributed by atoms with Crippen LogP contribution in [0.4, 0.5) is 0 Å². The molecule has 1 amide bonds. The average Bonchev–Trinajstić information content (AvgIpc) is 2.38. The third-order valence-corrected chi connectivity index (χ3v) is 2.66.